The molecular formula is C9H15NO3. The van der Waals surface area contributed by atoms with Gasteiger partial charge in [0.15, 0.2) is 0 Å². The maximum absolute atomic E-state index is 11.2. The summed E-state index contributed by atoms with van der Waals surface area (Å²) in [6, 6.07) is 0. The van der Waals surface area contributed by atoms with Crippen molar-refractivity contribution in [3.05, 3.63) is 0 Å². The molecule has 0 spiro atoms. The first-order valence-electron chi connectivity index (χ1n) is 4.82. The van der Waals surface area contributed by atoms with Gasteiger partial charge in [0.2, 0.25) is 0 Å². The van der Waals surface area contributed by atoms with Crippen molar-refractivity contribution in [2.45, 2.75) is 24.8 Å². The normalized spacial score (nSPS) is 35.4. The van der Waals surface area contributed by atoms with Gasteiger partial charge in [-0.3, -0.25) is 10.1 Å². The van der Waals surface area contributed by atoms with E-state index in [1.54, 1.807) is 0 Å². The molecule has 13 heavy (non-hydrogen) atoms. The zero-order chi connectivity index (χ0) is 9.31. The monoisotopic (exact) mass is 185 g/mol. The van der Waals surface area contributed by atoms with E-state index in [4.69, 9.17) is 4.74 Å². The zero-order valence-corrected chi connectivity index (χ0v) is 7.58. The van der Waals surface area contributed by atoms with Crippen LogP contribution >= 0.6 is 0 Å². The maximum atomic E-state index is 11.2. The van der Waals surface area contributed by atoms with Crippen molar-refractivity contribution in [2.75, 3.05) is 19.8 Å². The van der Waals surface area contributed by atoms with Gasteiger partial charge in [0.05, 0.1) is 6.61 Å². The summed E-state index contributed by atoms with van der Waals surface area (Å²) < 4.78 is 5.33. The smallest absolute Gasteiger partial charge is 0.326 e. The second kappa shape index (κ2) is 3.27. The van der Waals surface area contributed by atoms with Crippen LogP contribution < -0.4 is 5.32 Å². The molecule has 2 rings (SSSR count). The highest BCUT2D eigenvalue weighted by Gasteiger charge is 2.51. The SMILES string of the molecule is O=C(O)C1(C2CC2)COCCCN1. The number of carboxylic acids is 1. The maximum Gasteiger partial charge on any atom is 0.326 e. The molecule has 2 N–H and O–H groups in total. The summed E-state index contributed by atoms with van der Waals surface area (Å²) in [5, 5.41) is 12.3. The summed E-state index contributed by atoms with van der Waals surface area (Å²) in [7, 11) is 0. The highest BCUT2D eigenvalue weighted by atomic mass is 16.5. The third kappa shape index (κ3) is 1.56. The Morgan fingerprint density at radius 1 is 1.54 bits per heavy atom. The molecule has 1 unspecified atom stereocenters. The Bertz CT molecular complexity index is 205. The molecule has 2 fully saturated rings. The van der Waals surface area contributed by atoms with Crippen molar-refractivity contribution in [3.8, 4) is 0 Å². The van der Waals surface area contributed by atoms with Gasteiger partial charge in [-0.05, 0) is 31.7 Å². The molecule has 4 nitrogen and oxygen atoms in total. The molecule has 1 aliphatic carbocycles. The van der Waals surface area contributed by atoms with E-state index in [1.807, 2.05) is 0 Å². The fourth-order valence-corrected chi connectivity index (χ4v) is 1.92. The van der Waals surface area contributed by atoms with E-state index in [9.17, 15) is 9.90 Å². The fourth-order valence-electron chi connectivity index (χ4n) is 1.92. The van der Waals surface area contributed by atoms with E-state index in [-0.39, 0.29) is 5.92 Å². The number of carbonyl (C=O) groups is 1. The van der Waals surface area contributed by atoms with Crippen molar-refractivity contribution < 1.29 is 14.6 Å². The van der Waals surface area contributed by atoms with Crippen LogP contribution in [-0.2, 0) is 9.53 Å². The summed E-state index contributed by atoms with van der Waals surface area (Å²) in [6.07, 6.45) is 2.94. The standard InChI is InChI=1S/C9H15NO3/c11-8(12)9(7-2-3-7)6-13-5-1-4-10-9/h7,10H,1-6H2,(H,11,12). The fraction of sp³-hybridized carbons (Fsp3) is 0.889. The summed E-state index contributed by atoms with van der Waals surface area (Å²) in [4.78, 5) is 11.2. The van der Waals surface area contributed by atoms with Gasteiger partial charge in [-0.25, -0.2) is 0 Å². The van der Waals surface area contributed by atoms with Crippen LogP contribution in [0.1, 0.15) is 19.3 Å². The highest BCUT2D eigenvalue weighted by Crippen LogP contribution is 2.40. The second-order valence-corrected chi connectivity index (χ2v) is 3.88. The van der Waals surface area contributed by atoms with Crippen LogP contribution in [0.25, 0.3) is 0 Å². The minimum absolute atomic E-state index is 0.281. The lowest BCUT2D eigenvalue weighted by atomic mass is 9.94. The van der Waals surface area contributed by atoms with Crippen LogP contribution in [0.3, 0.4) is 0 Å². The predicted molar refractivity (Wildman–Crippen MR) is 46.5 cm³/mol. The van der Waals surface area contributed by atoms with Crippen LogP contribution in [0.4, 0.5) is 0 Å². The van der Waals surface area contributed by atoms with E-state index in [0.717, 1.165) is 25.8 Å². The third-order valence-electron chi connectivity index (χ3n) is 2.89. The largest absolute Gasteiger partial charge is 0.480 e. The van der Waals surface area contributed by atoms with Crippen LogP contribution in [0.5, 0.6) is 0 Å². The number of carboxylic acid groups (broad SMARTS) is 1. The molecular weight excluding hydrogens is 170 g/mol. The van der Waals surface area contributed by atoms with Gasteiger partial charge in [0.1, 0.15) is 5.54 Å². The molecule has 74 valence electrons. The van der Waals surface area contributed by atoms with Crippen LogP contribution in [0.2, 0.25) is 0 Å². The van der Waals surface area contributed by atoms with Crippen molar-refractivity contribution in [1.82, 2.24) is 5.32 Å². The van der Waals surface area contributed by atoms with Crippen molar-refractivity contribution >= 4 is 5.97 Å². The minimum atomic E-state index is -0.781. The Balaban J connectivity index is 2.14. The Hall–Kier alpha value is -0.610. The van der Waals surface area contributed by atoms with E-state index in [2.05, 4.69) is 5.32 Å². The summed E-state index contributed by atoms with van der Waals surface area (Å²) >= 11 is 0. The quantitative estimate of drug-likeness (QED) is 0.646. The molecule has 0 aromatic heterocycles. The highest BCUT2D eigenvalue weighted by molar-refractivity contribution is 5.80. The van der Waals surface area contributed by atoms with Crippen molar-refractivity contribution in [1.29, 1.82) is 0 Å². The number of hydrogen-bond acceptors (Lipinski definition) is 3. The average Bonchev–Trinajstić information content (AvgIpc) is 2.92. The zero-order valence-electron chi connectivity index (χ0n) is 7.58. The van der Waals surface area contributed by atoms with E-state index in [1.165, 1.54) is 0 Å². The van der Waals surface area contributed by atoms with Gasteiger partial charge in [-0.15, -0.1) is 0 Å². The Kier molecular flexibility index (Phi) is 2.26. The van der Waals surface area contributed by atoms with Crippen LogP contribution in [0.15, 0.2) is 0 Å². The lowest BCUT2D eigenvalue weighted by Gasteiger charge is -2.28. The number of ether oxygens (including phenoxy) is 1. The van der Waals surface area contributed by atoms with E-state index in [0.29, 0.717) is 13.2 Å². The van der Waals surface area contributed by atoms with E-state index >= 15 is 0 Å². The van der Waals surface area contributed by atoms with Gasteiger partial charge in [0, 0.05) is 6.61 Å². The number of rotatable bonds is 2. The molecule has 0 radical (unpaired) electrons. The molecule has 1 saturated carbocycles. The number of nitrogens with one attached hydrogen (secondary N) is 1. The van der Waals surface area contributed by atoms with E-state index < -0.39 is 11.5 Å². The first kappa shape index (κ1) is 8.97. The Labute approximate surface area is 77.3 Å². The molecule has 1 saturated heterocycles. The average molecular weight is 185 g/mol. The van der Waals surface area contributed by atoms with Gasteiger partial charge in [-0.2, -0.15) is 0 Å². The number of aliphatic carboxylic acids is 1. The van der Waals surface area contributed by atoms with Gasteiger partial charge in [-0.1, -0.05) is 0 Å². The van der Waals surface area contributed by atoms with Gasteiger partial charge < -0.3 is 9.84 Å². The molecule has 0 aromatic rings. The molecule has 0 amide bonds. The topological polar surface area (TPSA) is 58.6 Å². The first-order chi connectivity index (χ1) is 6.26. The van der Waals surface area contributed by atoms with Crippen LogP contribution in [0, 0.1) is 5.92 Å². The summed E-state index contributed by atoms with van der Waals surface area (Å²) in [6.45, 7) is 1.75. The minimum Gasteiger partial charge on any atom is -0.480 e. The van der Waals surface area contributed by atoms with Crippen LogP contribution in [-0.4, -0.2) is 36.4 Å². The Morgan fingerprint density at radius 2 is 2.31 bits per heavy atom. The molecule has 0 aromatic carbocycles. The lowest BCUT2D eigenvalue weighted by Crippen LogP contribution is -2.56. The first-order valence-corrected chi connectivity index (χ1v) is 4.82. The van der Waals surface area contributed by atoms with Gasteiger partial charge in [0.25, 0.3) is 0 Å². The Morgan fingerprint density at radius 3 is 2.92 bits per heavy atom. The molecule has 1 atom stereocenters. The second-order valence-electron chi connectivity index (χ2n) is 3.88. The van der Waals surface area contributed by atoms with Crippen molar-refractivity contribution in [2.24, 2.45) is 5.92 Å². The van der Waals surface area contributed by atoms with Crippen molar-refractivity contribution in [3.63, 3.8) is 0 Å². The summed E-state index contributed by atoms with van der Waals surface area (Å²) in [5.74, 6) is -0.472. The molecule has 1 heterocycles. The molecule has 2 aliphatic rings. The lowest BCUT2D eigenvalue weighted by molar-refractivity contribution is -0.148. The predicted octanol–water partition coefficient (Wildman–Crippen LogP) is 0.230. The molecule has 4 heteroatoms. The molecule has 1 aliphatic heterocycles. The summed E-state index contributed by atoms with van der Waals surface area (Å²) in [5.41, 5.74) is -0.781. The number of hydrogen-bond donors (Lipinski definition) is 2. The van der Waals surface area contributed by atoms with Gasteiger partial charge >= 0.3 is 5.97 Å². The third-order valence-corrected chi connectivity index (χ3v) is 2.89. The molecule has 0 bridgehead atoms.